The van der Waals surface area contributed by atoms with Gasteiger partial charge in [0, 0.05) is 26.1 Å². The molecule has 1 aliphatic rings. The number of ether oxygens (including phenoxy) is 1. The van der Waals surface area contributed by atoms with Crippen LogP contribution in [0.3, 0.4) is 0 Å². The van der Waals surface area contributed by atoms with Gasteiger partial charge < -0.3 is 21.1 Å². The van der Waals surface area contributed by atoms with E-state index in [4.69, 9.17) is 16.2 Å². The first-order valence-corrected chi connectivity index (χ1v) is 5.03. The summed E-state index contributed by atoms with van der Waals surface area (Å²) < 4.78 is 5.21. The maximum atomic E-state index is 11.4. The lowest BCUT2D eigenvalue weighted by molar-refractivity contribution is -0.128. The first-order valence-electron chi connectivity index (χ1n) is 5.03. The molecule has 1 fully saturated rings. The van der Waals surface area contributed by atoms with Gasteiger partial charge in [-0.3, -0.25) is 4.79 Å². The molecule has 1 atom stereocenters. The van der Waals surface area contributed by atoms with Gasteiger partial charge in [0.05, 0.1) is 13.2 Å². The molecule has 1 heterocycles. The van der Waals surface area contributed by atoms with Gasteiger partial charge in [0.1, 0.15) is 0 Å². The van der Waals surface area contributed by atoms with E-state index in [1.807, 2.05) is 4.90 Å². The zero-order valence-electron chi connectivity index (χ0n) is 8.45. The van der Waals surface area contributed by atoms with Gasteiger partial charge in [0.15, 0.2) is 0 Å². The van der Waals surface area contributed by atoms with Gasteiger partial charge in [-0.1, -0.05) is 0 Å². The molecule has 1 aliphatic heterocycles. The van der Waals surface area contributed by atoms with Crippen molar-refractivity contribution < 1.29 is 9.53 Å². The molecular formula is C9H19N3O2. The maximum absolute atomic E-state index is 11.4. The summed E-state index contributed by atoms with van der Waals surface area (Å²) in [4.78, 5) is 13.2. The lowest BCUT2D eigenvalue weighted by atomic mass is 10.1. The molecule has 14 heavy (non-hydrogen) atoms. The Morgan fingerprint density at radius 2 is 2.21 bits per heavy atom. The molecule has 1 rings (SSSR count). The van der Waals surface area contributed by atoms with Crippen molar-refractivity contribution in [3.8, 4) is 0 Å². The Balaban J connectivity index is 2.15. The van der Waals surface area contributed by atoms with E-state index in [2.05, 4.69) is 0 Å². The molecule has 0 aromatic rings. The average molecular weight is 201 g/mol. The van der Waals surface area contributed by atoms with E-state index in [1.165, 1.54) is 0 Å². The number of nitrogens with zero attached hydrogens (tertiary/aromatic N) is 1. The summed E-state index contributed by atoms with van der Waals surface area (Å²) in [6.45, 7) is 3.69. The average Bonchev–Trinajstić information content (AvgIpc) is 2.54. The molecule has 0 bridgehead atoms. The van der Waals surface area contributed by atoms with Crippen molar-refractivity contribution in [3.05, 3.63) is 0 Å². The first-order chi connectivity index (χ1) is 6.77. The molecule has 0 radical (unpaired) electrons. The van der Waals surface area contributed by atoms with Crippen LogP contribution in [-0.4, -0.2) is 50.2 Å². The highest BCUT2D eigenvalue weighted by Gasteiger charge is 2.27. The normalized spacial score (nSPS) is 22.0. The third kappa shape index (κ3) is 3.25. The molecule has 1 unspecified atom stereocenters. The zero-order chi connectivity index (χ0) is 10.4. The number of amides is 1. The molecule has 0 spiro atoms. The second kappa shape index (κ2) is 5.95. The Kier molecular flexibility index (Phi) is 4.86. The van der Waals surface area contributed by atoms with Crippen LogP contribution in [0.15, 0.2) is 0 Å². The van der Waals surface area contributed by atoms with Gasteiger partial charge >= 0.3 is 0 Å². The van der Waals surface area contributed by atoms with Crippen LogP contribution in [-0.2, 0) is 9.53 Å². The van der Waals surface area contributed by atoms with E-state index in [9.17, 15) is 4.79 Å². The Morgan fingerprint density at radius 1 is 1.43 bits per heavy atom. The van der Waals surface area contributed by atoms with E-state index in [0.29, 0.717) is 45.2 Å². The molecule has 5 nitrogen and oxygen atoms in total. The third-order valence-corrected chi connectivity index (χ3v) is 2.40. The van der Waals surface area contributed by atoms with Crippen LogP contribution in [0.25, 0.3) is 0 Å². The summed E-state index contributed by atoms with van der Waals surface area (Å²) in [5.41, 5.74) is 10.8. The number of rotatable bonds is 6. The molecule has 5 heteroatoms. The summed E-state index contributed by atoms with van der Waals surface area (Å²) in [6.07, 6.45) is 0.591. The van der Waals surface area contributed by atoms with Crippen molar-refractivity contribution in [1.82, 2.24) is 4.90 Å². The smallest absolute Gasteiger partial charge is 0.223 e. The maximum Gasteiger partial charge on any atom is 0.223 e. The predicted molar refractivity (Wildman–Crippen MR) is 53.6 cm³/mol. The molecule has 0 saturated carbocycles. The number of carbonyl (C=O) groups excluding carboxylic acids is 1. The van der Waals surface area contributed by atoms with Gasteiger partial charge in [0.2, 0.25) is 5.91 Å². The second-order valence-electron chi connectivity index (χ2n) is 3.55. The summed E-state index contributed by atoms with van der Waals surface area (Å²) in [5, 5.41) is 0. The summed E-state index contributed by atoms with van der Waals surface area (Å²) >= 11 is 0. The summed E-state index contributed by atoms with van der Waals surface area (Å²) in [6, 6.07) is 0. The Hall–Kier alpha value is -0.650. The third-order valence-electron chi connectivity index (χ3n) is 2.40. The topological polar surface area (TPSA) is 81.6 Å². The minimum Gasteiger partial charge on any atom is -0.378 e. The zero-order valence-corrected chi connectivity index (χ0v) is 8.45. The summed E-state index contributed by atoms with van der Waals surface area (Å²) in [5.74, 6) is 0.522. The van der Waals surface area contributed by atoms with E-state index in [0.717, 1.165) is 6.54 Å². The van der Waals surface area contributed by atoms with E-state index in [1.54, 1.807) is 0 Å². The summed E-state index contributed by atoms with van der Waals surface area (Å²) in [7, 11) is 0. The van der Waals surface area contributed by atoms with Crippen LogP contribution in [0.2, 0.25) is 0 Å². The van der Waals surface area contributed by atoms with Crippen LogP contribution in [0, 0.1) is 5.92 Å². The predicted octanol–water partition coefficient (Wildman–Crippen LogP) is -1.23. The highest BCUT2D eigenvalue weighted by atomic mass is 16.5. The van der Waals surface area contributed by atoms with E-state index >= 15 is 0 Å². The van der Waals surface area contributed by atoms with E-state index in [-0.39, 0.29) is 5.91 Å². The molecule has 1 amide bonds. The van der Waals surface area contributed by atoms with Crippen LogP contribution in [0.5, 0.6) is 0 Å². The number of hydrogen-bond donors (Lipinski definition) is 2. The van der Waals surface area contributed by atoms with E-state index < -0.39 is 0 Å². The number of likely N-dealkylation sites (tertiary alicyclic amines) is 1. The minimum absolute atomic E-state index is 0.191. The second-order valence-corrected chi connectivity index (χ2v) is 3.55. The molecule has 1 saturated heterocycles. The monoisotopic (exact) mass is 201 g/mol. The quantitative estimate of drug-likeness (QED) is 0.527. The standard InChI is InChI=1S/C9H19N3O2/c10-1-3-14-4-2-12-7-8(6-11)5-9(12)13/h8H,1-7,10-11H2. The highest BCUT2D eigenvalue weighted by Crippen LogP contribution is 2.15. The fourth-order valence-corrected chi connectivity index (χ4v) is 1.59. The lowest BCUT2D eigenvalue weighted by Crippen LogP contribution is -2.30. The number of nitrogens with two attached hydrogens (primary N) is 2. The largest absolute Gasteiger partial charge is 0.378 e. The fraction of sp³-hybridized carbons (Fsp3) is 0.889. The molecule has 4 N–H and O–H groups in total. The molecular weight excluding hydrogens is 182 g/mol. The van der Waals surface area contributed by atoms with Crippen LogP contribution >= 0.6 is 0 Å². The van der Waals surface area contributed by atoms with Gasteiger partial charge in [0.25, 0.3) is 0 Å². The van der Waals surface area contributed by atoms with Crippen molar-refractivity contribution in [2.45, 2.75) is 6.42 Å². The SMILES string of the molecule is NCCOCCN1CC(CN)CC1=O. The molecule has 0 aliphatic carbocycles. The van der Waals surface area contributed by atoms with Crippen molar-refractivity contribution in [3.63, 3.8) is 0 Å². The lowest BCUT2D eigenvalue weighted by Gasteiger charge is -2.15. The van der Waals surface area contributed by atoms with Gasteiger partial charge in [-0.25, -0.2) is 0 Å². The highest BCUT2D eigenvalue weighted by molar-refractivity contribution is 5.78. The van der Waals surface area contributed by atoms with Crippen molar-refractivity contribution in [2.24, 2.45) is 17.4 Å². The number of hydrogen-bond acceptors (Lipinski definition) is 4. The van der Waals surface area contributed by atoms with Crippen LogP contribution in [0.4, 0.5) is 0 Å². The van der Waals surface area contributed by atoms with Gasteiger partial charge in [-0.05, 0) is 12.5 Å². The molecule has 82 valence electrons. The molecule has 0 aromatic heterocycles. The number of carbonyl (C=O) groups is 1. The van der Waals surface area contributed by atoms with Crippen molar-refractivity contribution in [2.75, 3.05) is 39.4 Å². The fourth-order valence-electron chi connectivity index (χ4n) is 1.59. The van der Waals surface area contributed by atoms with Crippen LogP contribution in [0.1, 0.15) is 6.42 Å². The van der Waals surface area contributed by atoms with Crippen molar-refractivity contribution >= 4 is 5.91 Å². The Labute approximate surface area is 84.4 Å². The minimum atomic E-state index is 0.191. The van der Waals surface area contributed by atoms with Crippen molar-refractivity contribution in [1.29, 1.82) is 0 Å². The Bertz CT molecular complexity index is 187. The van der Waals surface area contributed by atoms with Gasteiger partial charge in [-0.2, -0.15) is 0 Å². The van der Waals surface area contributed by atoms with Gasteiger partial charge in [-0.15, -0.1) is 0 Å². The molecule has 0 aromatic carbocycles. The Morgan fingerprint density at radius 3 is 2.79 bits per heavy atom. The van der Waals surface area contributed by atoms with Crippen LogP contribution < -0.4 is 11.5 Å². The first kappa shape index (κ1) is 11.4.